The van der Waals surface area contributed by atoms with E-state index in [1.54, 1.807) is 0 Å². The number of fused-ring (bicyclic) bond motifs is 1. The Morgan fingerprint density at radius 2 is 0.448 bits per heavy atom. The topological polar surface area (TPSA) is 103 Å². The molecule has 0 radical (unpaired) electrons. The SMILES string of the molecule is c1ccc(-c2nc(-c3ccccc3)nc(-c3ccc(-c4nc(-c5ccc(-c6nc(-c7ccccc7)nc(-c7ccccc7)n6)cc5)c5ccccc5n4)cc3)n2)cc1. The lowest BCUT2D eigenvalue weighted by atomic mass is 10.0. The van der Waals surface area contributed by atoms with Gasteiger partial charge in [0.15, 0.2) is 40.8 Å². The predicted octanol–water partition coefficient (Wildman–Crippen LogP) is 11.3. The van der Waals surface area contributed by atoms with E-state index >= 15 is 0 Å². The fourth-order valence-corrected chi connectivity index (χ4v) is 6.85. The normalized spacial score (nSPS) is 11.1. The molecule has 0 spiro atoms. The van der Waals surface area contributed by atoms with Gasteiger partial charge in [0.25, 0.3) is 0 Å². The molecular weight excluding hydrogens is 713 g/mol. The van der Waals surface area contributed by atoms with E-state index in [-0.39, 0.29) is 0 Å². The van der Waals surface area contributed by atoms with Gasteiger partial charge in [0.1, 0.15) is 0 Å². The van der Waals surface area contributed by atoms with Crippen molar-refractivity contribution in [2.45, 2.75) is 0 Å². The van der Waals surface area contributed by atoms with Gasteiger partial charge in [0, 0.05) is 49.9 Å². The van der Waals surface area contributed by atoms with Gasteiger partial charge in [0.05, 0.1) is 11.2 Å². The fourth-order valence-electron chi connectivity index (χ4n) is 6.85. The number of para-hydroxylation sites is 1. The first kappa shape index (κ1) is 34.4. The van der Waals surface area contributed by atoms with Crippen molar-refractivity contribution in [3.8, 4) is 91.0 Å². The molecule has 0 N–H and O–H groups in total. The molecule has 7 aromatic carbocycles. The summed E-state index contributed by atoms with van der Waals surface area (Å²) in [4.78, 5) is 39.5. The second kappa shape index (κ2) is 15.2. The highest BCUT2D eigenvalue weighted by Gasteiger charge is 2.16. The minimum atomic E-state index is 0.587. The van der Waals surface area contributed by atoms with Crippen LogP contribution in [0.1, 0.15) is 0 Å². The van der Waals surface area contributed by atoms with Crippen LogP contribution in [0.4, 0.5) is 0 Å². The van der Waals surface area contributed by atoms with Gasteiger partial charge in [-0.05, 0) is 6.07 Å². The summed E-state index contributed by atoms with van der Waals surface area (Å²) in [5.74, 6) is 4.27. The number of hydrogen-bond donors (Lipinski definition) is 0. The lowest BCUT2D eigenvalue weighted by Crippen LogP contribution is -2.00. The minimum Gasteiger partial charge on any atom is -0.228 e. The molecule has 272 valence electrons. The molecule has 0 aliphatic heterocycles. The molecule has 0 fully saturated rings. The first-order valence-electron chi connectivity index (χ1n) is 18.9. The van der Waals surface area contributed by atoms with Crippen LogP contribution in [-0.2, 0) is 0 Å². The zero-order chi connectivity index (χ0) is 38.7. The molecule has 0 saturated heterocycles. The number of rotatable bonds is 8. The maximum atomic E-state index is 5.17. The van der Waals surface area contributed by atoms with E-state index in [9.17, 15) is 0 Å². The maximum Gasteiger partial charge on any atom is 0.164 e. The third-order valence-corrected chi connectivity index (χ3v) is 9.82. The first-order valence-corrected chi connectivity index (χ1v) is 18.9. The van der Waals surface area contributed by atoms with Crippen molar-refractivity contribution in [2.24, 2.45) is 0 Å². The van der Waals surface area contributed by atoms with Gasteiger partial charge in [0.2, 0.25) is 0 Å². The van der Waals surface area contributed by atoms with Gasteiger partial charge in [-0.15, -0.1) is 0 Å². The Kier molecular flexibility index (Phi) is 9.02. The van der Waals surface area contributed by atoms with Crippen LogP contribution >= 0.6 is 0 Å². The number of hydrogen-bond acceptors (Lipinski definition) is 8. The first-order chi connectivity index (χ1) is 28.7. The van der Waals surface area contributed by atoms with Crippen LogP contribution in [0.25, 0.3) is 102 Å². The summed E-state index contributed by atoms with van der Waals surface area (Å²) in [6, 6.07) is 64.3. The molecule has 0 atom stereocenters. The van der Waals surface area contributed by atoms with Crippen LogP contribution in [0.2, 0.25) is 0 Å². The molecule has 8 nitrogen and oxygen atoms in total. The molecule has 10 rings (SSSR count). The molecule has 0 amide bonds. The molecule has 3 heterocycles. The highest BCUT2D eigenvalue weighted by Crippen LogP contribution is 2.33. The van der Waals surface area contributed by atoms with E-state index in [4.69, 9.17) is 39.9 Å². The van der Waals surface area contributed by atoms with Crippen LogP contribution in [-0.4, -0.2) is 39.9 Å². The summed E-state index contributed by atoms with van der Waals surface area (Å²) in [7, 11) is 0. The summed E-state index contributed by atoms with van der Waals surface area (Å²) in [5.41, 5.74) is 8.95. The number of nitrogens with zero attached hydrogens (tertiary/aromatic N) is 8. The number of benzene rings is 7. The van der Waals surface area contributed by atoms with Gasteiger partial charge < -0.3 is 0 Å². The molecule has 8 heteroatoms. The van der Waals surface area contributed by atoms with E-state index in [0.717, 1.165) is 61.1 Å². The smallest absolute Gasteiger partial charge is 0.164 e. The Labute approximate surface area is 334 Å². The van der Waals surface area contributed by atoms with E-state index in [1.165, 1.54) is 0 Å². The Hall–Kier alpha value is -8.10. The monoisotopic (exact) mass is 744 g/mol. The summed E-state index contributed by atoms with van der Waals surface area (Å²) >= 11 is 0. The van der Waals surface area contributed by atoms with Crippen molar-refractivity contribution < 1.29 is 0 Å². The molecule has 0 bridgehead atoms. The zero-order valence-electron chi connectivity index (χ0n) is 31.1. The Balaban J connectivity index is 1.01. The molecule has 0 aliphatic rings. The Morgan fingerprint density at radius 1 is 0.190 bits per heavy atom. The van der Waals surface area contributed by atoms with Crippen molar-refractivity contribution in [1.29, 1.82) is 0 Å². The predicted molar refractivity (Wildman–Crippen MR) is 230 cm³/mol. The summed E-state index contributed by atoms with van der Waals surface area (Å²) in [6.07, 6.45) is 0. The van der Waals surface area contributed by atoms with Crippen molar-refractivity contribution >= 4 is 10.9 Å². The van der Waals surface area contributed by atoms with Crippen molar-refractivity contribution in [3.63, 3.8) is 0 Å². The fraction of sp³-hybridized carbons (Fsp3) is 0. The third kappa shape index (κ3) is 6.98. The molecular formula is C50H32N8. The maximum absolute atomic E-state index is 5.17. The molecule has 58 heavy (non-hydrogen) atoms. The van der Waals surface area contributed by atoms with Gasteiger partial charge in [-0.25, -0.2) is 39.9 Å². The van der Waals surface area contributed by atoms with E-state index < -0.39 is 0 Å². The van der Waals surface area contributed by atoms with Crippen LogP contribution in [0.5, 0.6) is 0 Å². The third-order valence-electron chi connectivity index (χ3n) is 9.82. The summed E-state index contributed by atoms with van der Waals surface area (Å²) < 4.78 is 0. The molecule has 0 unspecified atom stereocenters. The average Bonchev–Trinajstić information content (AvgIpc) is 3.32. The largest absolute Gasteiger partial charge is 0.228 e. The van der Waals surface area contributed by atoms with Crippen LogP contribution in [0.3, 0.4) is 0 Å². The van der Waals surface area contributed by atoms with E-state index in [2.05, 4.69) is 18.2 Å². The Bertz CT molecular complexity index is 2900. The standard InChI is InChI=1S/C50H32N8/c1-5-15-34(16-6-1)45-53-46(35-17-7-2-8-18-35)56-49(55-45)39-27-25-33(26-28-39)43-41-23-13-14-24-42(41)51-44(52-43)38-29-31-40(32-30-38)50-57-47(36-19-9-3-10-20-36)54-48(58-50)37-21-11-4-12-22-37/h1-32H. The van der Waals surface area contributed by atoms with Gasteiger partial charge in [-0.1, -0.05) is 188 Å². The van der Waals surface area contributed by atoms with Crippen LogP contribution in [0, 0.1) is 0 Å². The number of aromatic nitrogens is 8. The molecule has 0 saturated carbocycles. The molecule has 10 aromatic rings. The quantitative estimate of drug-likeness (QED) is 0.151. The molecule has 3 aromatic heterocycles. The lowest BCUT2D eigenvalue weighted by Gasteiger charge is -2.11. The highest BCUT2D eigenvalue weighted by molar-refractivity contribution is 5.94. The lowest BCUT2D eigenvalue weighted by molar-refractivity contribution is 1.07. The van der Waals surface area contributed by atoms with Crippen molar-refractivity contribution in [1.82, 2.24) is 39.9 Å². The highest BCUT2D eigenvalue weighted by atomic mass is 15.0. The van der Waals surface area contributed by atoms with Gasteiger partial charge in [-0.3, -0.25) is 0 Å². The van der Waals surface area contributed by atoms with E-state index in [0.29, 0.717) is 40.8 Å². The average molecular weight is 745 g/mol. The van der Waals surface area contributed by atoms with Crippen LogP contribution in [0.15, 0.2) is 194 Å². The zero-order valence-corrected chi connectivity index (χ0v) is 31.1. The van der Waals surface area contributed by atoms with Crippen LogP contribution < -0.4 is 0 Å². The summed E-state index contributed by atoms with van der Waals surface area (Å²) in [5, 5.41) is 0.959. The summed E-state index contributed by atoms with van der Waals surface area (Å²) in [6.45, 7) is 0. The minimum absolute atomic E-state index is 0.587. The molecule has 0 aliphatic carbocycles. The van der Waals surface area contributed by atoms with Gasteiger partial charge in [-0.2, -0.15) is 0 Å². The van der Waals surface area contributed by atoms with Crippen molar-refractivity contribution in [3.05, 3.63) is 194 Å². The second-order valence-electron chi connectivity index (χ2n) is 13.6. The van der Waals surface area contributed by atoms with Gasteiger partial charge >= 0.3 is 0 Å². The second-order valence-corrected chi connectivity index (χ2v) is 13.6. The Morgan fingerprint density at radius 3 is 0.793 bits per heavy atom. The van der Waals surface area contributed by atoms with Crippen molar-refractivity contribution in [2.75, 3.05) is 0 Å². The van der Waals surface area contributed by atoms with E-state index in [1.807, 2.05) is 176 Å².